The van der Waals surface area contributed by atoms with Gasteiger partial charge in [-0.05, 0) is 37.1 Å². The van der Waals surface area contributed by atoms with Gasteiger partial charge in [0.25, 0.3) is 5.91 Å². The number of esters is 1. The molecule has 0 bridgehead atoms. The molecule has 1 amide bonds. The first-order valence-corrected chi connectivity index (χ1v) is 8.97. The summed E-state index contributed by atoms with van der Waals surface area (Å²) in [4.78, 5) is 26.9. The van der Waals surface area contributed by atoms with Crippen LogP contribution in [0.25, 0.3) is 0 Å². The van der Waals surface area contributed by atoms with E-state index in [2.05, 4.69) is 0 Å². The van der Waals surface area contributed by atoms with Gasteiger partial charge in [0.15, 0.2) is 6.61 Å². The van der Waals surface area contributed by atoms with E-state index in [0.29, 0.717) is 30.2 Å². The molecule has 3 rings (SSSR count). The van der Waals surface area contributed by atoms with Crippen molar-refractivity contribution in [2.75, 3.05) is 26.8 Å². The van der Waals surface area contributed by atoms with Crippen molar-refractivity contribution >= 4 is 11.9 Å². The molecule has 1 aliphatic rings. The Balaban J connectivity index is 1.63. The molecule has 0 saturated carbocycles. The molecule has 0 aromatic heterocycles. The number of likely N-dealkylation sites (tertiary alicyclic amines) is 1. The van der Waals surface area contributed by atoms with Crippen molar-refractivity contribution in [1.29, 1.82) is 0 Å². The molecule has 0 N–H and O–H groups in total. The Bertz CT molecular complexity index is 754. The second-order valence-electron chi connectivity index (χ2n) is 6.28. The van der Waals surface area contributed by atoms with Gasteiger partial charge in [-0.15, -0.1) is 0 Å². The maximum absolute atomic E-state index is 12.8. The molecule has 1 heterocycles. The molecule has 1 fully saturated rings. The molecule has 142 valence electrons. The predicted octanol–water partition coefficient (Wildman–Crippen LogP) is 2.98. The van der Waals surface area contributed by atoms with Crippen LogP contribution >= 0.6 is 0 Å². The molecule has 0 radical (unpaired) electrons. The van der Waals surface area contributed by atoms with Crippen LogP contribution in [0.2, 0.25) is 0 Å². The summed E-state index contributed by atoms with van der Waals surface area (Å²) >= 11 is 0. The van der Waals surface area contributed by atoms with Crippen molar-refractivity contribution < 1.29 is 23.8 Å². The topological polar surface area (TPSA) is 65.1 Å². The molecular formula is C21H23NO5. The zero-order valence-corrected chi connectivity index (χ0v) is 15.3. The molecule has 1 aliphatic heterocycles. The monoisotopic (exact) mass is 369 g/mol. The third-order valence-electron chi connectivity index (χ3n) is 4.41. The first-order valence-electron chi connectivity index (χ1n) is 8.97. The van der Waals surface area contributed by atoms with Gasteiger partial charge in [-0.2, -0.15) is 0 Å². The number of ether oxygens (including phenoxy) is 3. The van der Waals surface area contributed by atoms with Crippen molar-refractivity contribution in [2.45, 2.75) is 18.9 Å². The maximum atomic E-state index is 12.8. The van der Waals surface area contributed by atoms with Crippen molar-refractivity contribution in [3.05, 3.63) is 60.2 Å². The average Bonchev–Trinajstić information content (AvgIpc) is 3.26. The molecule has 6 nitrogen and oxygen atoms in total. The van der Waals surface area contributed by atoms with E-state index in [1.54, 1.807) is 48.4 Å². The van der Waals surface area contributed by atoms with Crippen molar-refractivity contribution in [3.63, 3.8) is 0 Å². The minimum atomic E-state index is -0.948. The van der Waals surface area contributed by atoms with E-state index >= 15 is 0 Å². The second kappa shape index (κ2) is 9.07. The predicted molar refractivity (Wildman–Crippen MR) is 99.6 cm³/mol. The second-order valence-corrected chi connectivity index (χ2v) is 6.28. The minimum absolute atomic E-state index is 0.184. The van der Waals surface area contributed by atoms with Gasteiger partial charge in [0.2, 0.25) is 6.10 Å². The fraction of sp³-hybridized carbons (Fsp3) is 0.333. The average molecular weight is 369 g/mol. The number of carbonyl (C=O) groups excluding carboxylic acids is 2. The summed E-state index contributed by atoms with van der Waals surface area (Å²) in [6.45, 7) is 1.12. The van der Waals surface area contributed by atoms with Crippen LogP contribution in [0.4, 0.5) is 0 Å². The maximum Gasteiger partial charge on any atom is 0.345 e. The molecule has 0 aliphatic carbocycles. The third kappa shape index (κ3) is 5.00. The summed E-state index contributed by atoms with van der Waals surface area (Å²) in [6, 6.07) is 16.0. The Labute approximate surface area is 158 Å². The fourth-order valence-electron chi connectivity index (χ4n) is 2.97. The Hall–Kier alpha value is -3.02. The molecular weight excluding hydrogens is 346 g/mol. The van der Waals surface area contributed by atoms with E-state index in [4.69, 9.17) is 14.2 Å². The van der Waals surface area contributed by atoms with Crippen molar-refractivity contribution in [1.82, 2.24) is 4.90 Å². The molecule has 27 heavy (non-hydrogen) atoms. The molecule has 0 unspecified atom stereocenters. The summed E-state index contributed by atoms with van der Waals surface area (Å²) < 4.78 is 16.0. The third-order valence-corrected chi connectivity index (χ3v) is 4.41. The Morgan fingerprint density at radius 3 is 2.22 bits per heavy atom. The first-order chi connectivity index (χ1) is 13.2. The number of carbonyl (C=O) groups is 2. The zero-order chi connectivity index (χ0) is 19.1. The van der Waals surface area contributed by atoms with Gasteiger partial charge in [-0.1, -0.05) is 30.3 Å². The summed E-state index contributed by atoms with van der Waals surface area (Å²) in [5.41, 5.74) is 0.659. The fourth-order valence-corrected chi connectivity index (χ4v) is 2.97. The number of rotatable bonds is 7. The summed E-state index contributed by atoms with van der Waals surface area (Å²) in [6.07, 6.45) is 1.00. The highest BCUT2D eigenvalue weighted by Gasteiger charge is 2.31. The van der Waals surface area contributed by atoms with Crippen molar-refractivity contribution in [3.8, 4) is 11.5 Å². The number of amides is 1. The Morgan fingerprint density at radius 2 is 1.59 bits per heavy atom. The van der Waals surface area contributed by atoms with E-state index in [1.165, 1.54) is 0 Å². The number of benzene rings is 2. The lowest BCUT2D eigenvalue weighted by Crippen LogP contribution is -2.35. The van der Waals surface area contributed by atoms with Gasteiger partial charge >= 0.3 is 5.97 Å². The number of nitrogens with zero attached hydrogens (tertiary/aromatic N) is 1. The van der Waals surface area contributed by atoms with Crippen LogP contribution in [0.5, 0.6) is 11.5 Å². The van der Waals surface area contributed by atoms with Crippen LogP contribution in [-0.4, -0.2) is 43.6 Å². The normalized spacial score (nSPS) is 14.5. The molecule has 0 spiro atoms. The molecule has 2 aromatic carbocycles. The highest BCUT2D eigenvalue weighted by atomic mass is 16.6. The van der Waals surface area contributed by atoms with Crippen LogP contribution in [0.1, 0.15) is 24.5 Å². The largest absolute Gasteiger partial charge is 0.497 e. The molecule has 1 atom stereocenters. The van der Waals surface area contributed by atoms with Crippen LogP contribution in [0, 0.1) is 0 Å². The Morgan fingerprint density at radius 1 is 0.963 bits per heavy atom. The SMILES string of the molecule is COc1ccc(OCC(=O)O[C@H](C(=O)N2CCCC2)c2ccccc2)cc1. The number of methoxy groups -OCH3 is 1. The van der Waals surface area contributed by atoms with E-state index < -0.39 is 12.1 Å². The quantitative estimate of drug-likeness (QED) is 0.702. The molecule has 1 saturated heterocycles. The van der Waals surface area contributed by atoms with E-state index in [-0.39, 0.29) is 12.5 Å². The van der Waals surface area contributed by atoms with Gasteiger partial charge in [-0.3, -0.25) is 4.79 Å². The van der Waals surface area contributed by atoms with Gasteiger partial charge < -0.3 is 19.1 Å². The van der Waals surface area contributed by atoms with Crippen LogP contribution < -0.4 is 9.47 Å². The van der Waals surface area contributed by atoms with Gasteiger partial charge in [0.1, 0.15) is 11.5 Å². The van der Waals surface area contributed by atoms with E-state index in [1.807, 2.05) is 18.2 Å². The van der Waals surface area contributed by atoms with Crippen molar-refractivity contribution in [2.24, 2.45) is 0 Å². The lowest BCUT2D eigenvalue weighted by molar-refractivity contribution is -0.162. The van der Waals surface area contributed by atoms with Crippen LogP contribution in [0.15, 0.2) is 54.6 Å². The standard InChI is InChI=1S/C21H23NO5/c1-25-17-9-11-18(12-10-17)26-15-19(23)27-20(16-7-3-2-4-8-16)21(24)22-13-5-6-14-22/h2-4,7-12,20H,5-6,13-15H2,1H3/t20-/m0/s1. The highest BCUT2D eigenvalue weighted by Crippen LogP contribution is 2.23. The molecule has 6 heteroatoms. The van der Waals surface area contributed by atoms with Gasteiger partial charge in [-0.25, -0.2) is 4.79 Å². The first kappa shape index (κ1) is 18.8. The van der Waals surface area contributed by atoms with Gasteiger partial charge in [0, 0.05) is 18.7 Å². The van der Waals surface area contributed by atoms with Crippen LogP contribution in [-0.2, 0) is 14.3 Å². The highest BCUT2D eigenvalue weighted by molar-refractivity contribution is 5.85. The lowest BCUT2D eigenvalue weighted by atomic mass is 10.1. The summed E-state index contributed by atoms with van der Waals surface area (Å²) in [5.74, 6) is 0.448. The zero-order valence-electron chi connectivity index (χ0n) is 15.3. The van der Waals surface area contributed by atoms with Gasteiger partial charge in [0.05, 0.1) is 7.11 Å². The summed E-state index contributed by atoms with van der Waals surface area (Å²) in [5, 5.41) is 0. The number of hydrogen-bond acceptors (Lipinski definition) is 5. The van der Waals surface area contributed by atoms with E-state index in [0.717, 1.165) is 12.8 Å². The smallest absolute Gasteiger partial charge is 0.345 e. The summed E-state index contributed by atoms with van der Waals surface area (Å²) in [7, 11) is 1.58. The minimum Gasteiger partial charge on any atom is -0.497 e. The van der Waals surface area contributed by atoms with Crippen LogP contribution in [0.3, 0.4) is 0 Å². The number of hydrogen-bond donors (Lipinski definition) is 0. The van der Waals surface area contributed by atoms with E-state index in [9.17, 15) is 9.59 Å². The molecule has 2 aromatic rings. The lowest BCUT2D eigenvalue weighted by Gasteiger charge is -2.23. The Kier molecular flexibility index (Phi) is 6.30.